The maximum atomic E-state index is 9.43. The number of aliphatic hydroxyl groups excluding tert-OH is 1. The molecule has 1 aliphatic carbocycles. The molecular weight excluding hydrogens is 214 g/mol. The van der Waals surface area contributed by atoms with Crippen LogP contribution >= 0.6 is 0 Å². The predicted molar refractivity (Wildman–Crippen MR) is 71.2 cm³/mol. The van der Waals surface area contributed by atoms with Gasteiger partial charge in [0.15, 0.2) is 0 Å². The number of unbranched alkanes of at least 4 members (excludes halogenated alkanes) is 1. The fourth-order valence-corrected chi connectivity index (χ4v) is 2.30. The zero-order chi connectivity index (χ0) is 12.7. The highest BCUT2D eigenvalue weighted by Gasteiger charge is 2.23. The Morgan fingerprint density at radius 2 is 2.06 bits per heavy atom. The SMILES string of the molecule is CC(C)NC(C)(CO)CCCCOC1CCC1. The lowest BCUT2D eigenvalue weighted by Crippen LogP contribution is -2.49. The summed E-state index contributed by atoms with van der Waals surface area (Å²) in [6.07, 6.45) is 7.62. The molecule has 1 aliphatic rings. The molecule has 3 heteroatoms. The van der Waals surface area contributed by atoms with Crippen LogP contribution in [0.4, 0.5) is 0 Å². The molecule has 17 heavy (non-hydrogen) atoms. The lowest BCUT2D eigenvalue weighted by atomic mass is 9.94. The molecule has 2 N–H and O–H groups in total. The summed E-state index contributed by atoms with van der Waals surface area (Å²) >= 11 is 0. The van der Waals surface area contributed by atoms with E-state index in [9.17, 15) is 5.11 Å². The van der Waals surface area contributed by atoms with Crippen molar-refractivity contribution in [3.05, 3.63) is 0 Å². The minimum atomic E-state index is -0.134. The van der Waals surface area contributed by atoms with Crippen LogP contribution in [-0.4, -0.2) is 36.0 Å². The lowest BCUT2D eigenvalue weighted by molar-refractivity contribution is -0.000248. The van der Waals surface area contributed by atoms with Crippen molar-refractivity contribution >= 4 is 0 Å². The zero-order valence-corrected chi connectivity index (χ0v) is 11.7. The van der Waals surface area contributed by atoms with E-state index in [1.54, 1.807) is 0 Å². The zero-order valence-electron chi connectivity index (χ0n) is 11.7. The molecule has 1 atom stereocenters. The van der Waals surface area contributed by atoms with Crippen LogP contribution in [0, 0.1) is 0 Å². The fourth-order valence-electron chi connectivity index (χ4n) is 2.30. The number of hydrogen-bond donors (Lipinski definition) is 2. The van der Waals surface area contributed by atoms with Gasteiger partial charge in [-0.25, -0.2) is 0 Å². The van der Waals surface area contributed by atoms with Gasteiger partial charge in [-0.1, -0.05) is 13.8 Å². The van der Waals surface area contributed by atoms with Crippen molar-refractivity contribution in [2.24, 2.45) is 0 Å². The standard InChI is InChI=1S/C14H29NO2/c1-12(2)15-14(3,11-16)9-4-5-10-17-13-7-6-8-13/h12-13,15-16H,4-11H2,1-3H3. The van der Waals surface area contributed by atoms with E-state index in [0.717, 1.165) is 25.9 Å². The monoisotopic (exact) mass is 243 g/mol. The van der Waals surface area contributed by atoms with Gasteiger partial charge in [0.25, 0.3) is 0 Å². The molecule has 1 unspecified atom stereocenters. The van der Waals surface area contributed by atoms with Crippen LogP contribution in [0.2, 0.25) is 0 Å². The first kappa shape index (κ1) is 14.9. The smallest absolute Gasteiger partial charge is 0.0610 e. The minimum absolute atomic E-state index is 0.134. The van der Waals surface area contributed by atoms with Gasteiger partial charge in [0, 0.05) is 18.2 Å². The molecule has 1 saturated carbocycles. The molecule has 0 amide bonds. The largest absolute Gasteiger partial charge is 0.394 e. The average Bonchev–Trinajstić information content (AvgIpc) is 2.19. The summed E-state index contributed by atoms with van der Waals surface area (Å²) in [5, 5.41) is 12.9. The molecule has 0 aliphatic heterocycles. The van der Waals surface area contributed by atoms with Gasteiger partial charge < -0.3 is 15.2 Å². The van der Waals surface area contributed by atoms with E-state index in [1.807, 2.05) is 0 Å². The highest BCUT2D eigenvalue weighted by atomic mass is 16.5. The summed E-state index contributed by atoms with van der Waals surface area (Å²) in [4.78, 5) is 0. The highest BCUT2D eigenvalue weighted by Crippen LogP contribution is 2.22. The topological polar surface area (TPSA) is 41.5 Å². The Morgan fingerprint density at radius 3 is 2.53 bits per heavy atom. The van der Waals surface area contributed by atoms with E-state index in [-0.39, 0.29) is 12.1 Å². The maximum Gasteiger partial charge on any atom is 0.0610 e. The Labute approximate surface area is 106 Å². The first-order valence-corrected chi connectivity index (χ1v) is 7.06. The van der Waals surface area contributed by atoms with E-state index >= 15 is 0 Å². The molecule has 0 spiro atoms. The van der Waals surface area contributed by atoms with Crippen LogP contribution < -0.4 is 5.32 Å². The van der Waals surface area contributed by atoms with Crippen molar-refractivity contribution in [2.45, 2.75) is 77.0 Å². The lowest BCUT2D eigenvalue weighted by Gasteiger charge is -2.31. The van der Waals surface area contributed by atoms with Crippen LogP contribution in [0.3, 0.4) is 0 Å². The third-order valence-electron chi connectivity index (χ3n) is 3.51. The Morgan fingerprint density at radius 1 is 1.35 bits per heavy atom. The molecule has 0 radical (unpaired) electrons. The molecule has 0 saturated heterocycles. The van der Waals surface area contributed by atoms with Crippen LogP contribution in [0.1, 0.15) is 59.3 Å². The Kier molecular flexibility index (Phi) is 6.45. The van der Waals surface area contributed by atoms with Gasteiger partial charge in [-0.15, -0.1) is 0 Å². The molecule has 0 heterocycles. The molecule has 102 valence electrons. The summed E-state index contributed by atoms with van der Waals surface area (Å²) in [5.41, 5.74) is -0.134. The Hall–Kier alpha value is -0.120. The summed E-state index contributed by atoms with van der Waals surface area (Å²) in [6, 6.07) is 0.415. The van der Waals surface area contributed by atoms with Crippen LogP contribution in [-0.2, 0) is 4.74 Å². The molecule has 0 aromatic heterocycles. The van der Waals surface area contributed by atoms with E-state index in [0.29, 0.717) is 12.1 Å². The maximum absolute atomic E-state index is 9.43. The number of ether oxygens (including phenoxy) is 1. The Balaban J connectivity index is 2.05. The first-order valence-electron chi connectivity index (χ1n) is 7.06. The highest BCUT2D eigenvalue weighted by molar-refractivity contribution is 4.83. The third kappa shape index (κ3) is 5.84. The number of aliphatic hydroxyl groups is 1. The van der Waals surface area contributed by atoms with E-state index in [4.69, 9.17) is 4.74 Å². The number of rotatable bonds is 9. The average molecular weight is 243 g/mol. The van der Waals surface area contributed by atoms with Gasteiger partial charge >= 0.3 is 0 Å². The molecule has 0 aromatic rings. The van der Waals surface area contributed by atoms with E-state index in [2.05, 4.69) is 26.1 Å². The van der Waals surface area contributed by atoms with Gasteiger partial charge in [0.1, 0.15) is 0 Å². The van der Waals surface area contributed by atoms with Gasteiger partial charge in [-0.05, 0) is 45.4 Å². The van der Waals surface area contributed by atoms with Crippen LogP contribution in [0.5, 0.6) is 0 Å². The van der Waals surface area contributed by atoms with Gasteiger partial charge in [-0.2, -0.15) is 0 Å². The second kappa shape index (κ2) is 7.34. The molecule has 0 aromatic carbocycles. The summed E-state index contributed by atoms with van der Waals surface area (Å²) in [5.74, 6) is 0. The predicted octanol–water partition coefficient (Wildman–Crippen LogP) is 2.47. The Bertz CT molecular complexity index is 204. The first-order chi connectivity index (χ1) is 8.06. The molecular formula is C14H29NO2. The van der Waals surface area contributed by atoms with Crippen molar-refractivity contribution in [1.82, 2.24) is 5.32 Å². The molecule has 1 fully saturated rings. The van der Waals surface area contributed by atoms with Crippen molar-refractivity contribution in [3.63, 3.8) is 0 Å². The summed E-state index contributed by atoms with van der Waals surface area (Å²) in [6.45, 7) is 7.42. The van der Waals surface area contributed by atoms with Crippen LogP contribution in [0.15, 0.2) is 0 Å². The molecule has 1 rings (SSSR count). The number of hydrogen-bond acceptors (Lipinski definition) is 3. The van der Waals surface area contributed by atoms with Gasteiger partial charge in [0.05, 0.1) is 12.7 Å². The van der Waals surface area contributed by atoms with Gasteiger partial charge in [-0.3, -0.25) is 0 Å². The van der Waals surface area contributed by atoms with Crippen molar-refractivity contribution in [1.29, 1.82) is 0 Å². The fraction of sp³-hybridized carbons (Fsp3) is 1.00. The third-order valence-corrected chi connectivity index (χ3v) is 3.51. The number of nitrogens with one attached hydrogen (secondary N) is 1. The summed E-state index contributed by atoms with van der Waals surface area (Å²) in [7, 11) is 0. The van der Waals surface area contributed by atoms with Crippen LogP contribution in [0.25, 0.3) is 0 Å². The van der Waals surface area contributed by atoms with E-state index < -0.39 is 0 Å². The second-order valence-electron chi connectivity index (χ2n) is 5.90. The minimum Gasteiger partial charge on any atom is -0.394 e. The second-order valence-corrected chi connectivity index (χ2v) is 5.90. The van der Waals surface area contributed by atoms with Crippen molar-refractivity contribution in [3.8, 4) is 0 Å². The van der Waals surface area contributed by atoms with Gasteiger partial charge in [0.2, 0.25) is 0 Å². The van der Waals surface area contributed by atoms with Crippen molar-refractivity contribution < 1.29 is 9.84 Å². The van der Waals surface area contributed by atoms with Crippen molar-refractivity contribution in [2.75, 3.05) is 13.2 Å². The molecule has 0 bridgehead atoms. The quantitative estimate of drug-likeness (QED) is 0.611. The van der Waals surface area contributed by atoms with E-state index in [1.165, 1.54) is 19.3 Å². The molecule has 3 nitrogen and oxygen atoms in total. The summed E-state index contributed by atoms with van der Waals surface area (Å²) < 4.78 is 5.72. The normalized spacial score (nSPS) is 20.3.